The number of hydrogen-bond acceptors (Lipinski definition) is 4. The van der Waals surface area contributed by atoms with Crippen LogP contribution >= 0.6 is 0 Å². The number of amides is 1. The number of methoxy groups -OCH3 is 1. The zero-order chi connectivity index (χ0) is 15.4. The van der Waals surface area contributed by atoms with Gasteiger partial charge in [0, 0.05) is 6.54 Å². The SMILES string of the molecule is CCC[C@@]1(C(=O)OC)CCCCN1C(=O)OC(C)(C)C. The van der Waals surface area contributed by atoms with Crippen LogP contribution in [0.5, 0.6) is 0 Å². The molecule has 1 amide bonds. The van der Waals surface area contributed by atoms with Crippen molar-refractivity contribution in [1.29, 1.82) is 0 Å². The minimum Gasteiger partial charge on any atom is -0.467 e. The number of carbonyl (C=O) groups excluding carboxylic acids is 2. The molecule has 0 aromatic carbocycles. The molecule has 0 spiro atoms. The smallest absolute Gasteiger partial charge is 0.411 e. The molecule has 5 heteroatoms. The maximum absolute atomic E-state index is 12.4. The lowest BCUT2D eigenvalue weighted by Crippen LogP contribution is -2.60. The molecule has 0 saturated carbocycles. The fourth-order valence-corrected chi connectivity index (χ4v) is 2.80. The Balaban J connectivity index is 3.04. The molecule has 20 heavy (non-hydrogen) atoms. The maximum atomic E-state index is 12.4. The van der Waals surface area contributed by atoms with E-state index in [0.29, 0.717) is 19.4 Å². The quantitative estimate of drug-likeness (QED) is 0.748. The molecule has 0 N–H and O–H groups in total. The number of rotatable bonds is 3. The fraction of sp³-hybridized carbons (Fsp3) is 0.867. The summed E-state index contributed by atoms with van der Waals surface area (Å²) >= 11 is 0. The van der Waals surface area contributed by atoms with E-state index in [1.54, 1.807) is 4.90 Å². The molecule has 1 aliphatic heterocycles. The highest BCUT2D eigenvalue weighted by atomic mass is 16.6. The van der Waals surface area contributed by atoms with Gasteiger partial charge in [-0.05, 0) is 46.5 Å². The van der Waals surface area contributed by atoms with Gasteiger partial charge in [0.1, 0.15) is 11.1 Å². The average Bonchev–Trinajstić information content (AvgIpc) is 2.36. The van der Waals surface area contributed by atoms with Crippen molar-refractivity contribution in [2.45, 2.75) is 70.9 Å². The van der Waals surface area contributed by atoms with Crippen molar-refractivity contribution < 1.29 is 19.1 Å². The summed E-state index contributed by atoms with van der Waals surface area (Å²) in [5.74, 6) is -0.329. The van der Waals surface area contributed by atoms with Crippen molar-refractivity contribution >= 4 is 12.1 Å². The van der Waals surface area contributed by atoms with Crippen molar-refractivity contribution in [2.24, 2.45) is 0 Å². The first-order valence-corrected chi connectivity index (χ1v) is 7.36. The Morgan fingerprint density at radius 3 is 2.40 bits per heavy atom. The van der Waals surface area contributed by atoms with Crippen LogP contribution in [-0.2, 0) is 14.3 Å². The molecule has 1 aliphatic rings. The number of likely N-dealkylation sites (tertiary alicyclic amines) is 1. The summed E-state index contributed by atoms with van der Waals surface area (Å²) < 4.78 is 10.4. The Kier molecular flexibility index (Phi) is 5.42. The zero-order valence-electron chi connectivity index (χ0n) is 13.3. The monoisotopic (exact) mass is 285 g/mol. The second-order valence-electron chi connectivity index (χ2n) is 6.36. The van der Waals surface area contributed by atoms with E-state index in [9.17, 15) is 9.59 Å². The molecular formula is C15H27NO4. The van der Waals surface area contributed by atoms with Crippen molar-refractivity contribution in [3.05, 3.63) is 0 Å². The predicted molar refractivity (Wildman–Crippen MR) is 76.4 cm³/mol. The molecule has 1 atom stereocenters. The van der Waals surface area contributed by atoms with E-state index in [1.165, 1.54) is 7.11 Å². The van der Waals surface area contributed by atoms with Crippen LogP contribution in [0.15, 0.2) is 0 Å². The van der Waals surface area contributed by atoms with E-state index in [0.717, 1.165) is 19.3 Å². The summed E-state index contributed by atoms with van der Waals surface area (Å²) in [7, 11) is 1.38. The Labute approximate surface area is 121 Å². The van der Waals surface area contributed by atoms with E-state index in [1.807, 2.05) is 27.7 Å². The summed E-state index contributed by atoms with van der Waals surface area (Å²) in [6, 6.07) is 0. The van der Waals surface area contributed by atoms with Crippen molar-refractivity contribution in [3.63, 3.8) is 0 Å². The second-order valence-corrected chi connectivity index (χ2v) is 6.36. The Bertz CT molecular complexity index is 357. The number of piperidine rings is 1. The molecular weight excluding hydrogens is 258 g/mol. The van der Waals surface area contributed by atoms with Crippen LogP contribution in [0.2, 0.25) is 0 Å². The van der Waals surface area contributed by atoms with Crippen LogP contribution in [0.4, 0.5) is 4.79 Å². The van der Waals surface area contributed by atoms with Gasteiger partial charge in [-0.3, -0.25) is 4.90 Å². The number of ether oxygens (including phenoxy) is 2. The average molecular weight is 285 g/mol. The highest BCUT2D eigenvalue weighted by molar-refractivity contribution is 5.86. The van der Waals surface area contributed by atoms with E-state index in [2.05, 4.69) is 0 Å². The summed E-state index contributed by atoms with van der Waals surface area (Å²) in [4.78, 5) is 26.3. The molecule has 5 nitrogen and oxygen atoms in total. The van der Waals surface area contributed by atoms with Crippen molar-refractivity contribution in [2.75, 3.05) is 13.7 Å². The lowest BCUT2D eigenvalue weighted by molar-refractivity contribution is -0.158. The summed E-state index contributed by atoms with van der Waals surface area (Å²) in [6.45, 7) is 8.04. The minimum absolute atomic E-state index is 0.329. The predicted octanol–water partition coefficient (Wildman–Crippen LogP) is 3.12. The number of hydrogen-bond donors (Lipinski definition) is 0. The van der Waals surface area contributed by atoms with E-state index < -0.39 is 17.2 Å². The minimum atomic E-state index is -0.857. The van der Waals surface area contributed by atoms with Gasteiger partial charge in [0.05, 0.1) is 7.11 Å². The van der Waals surface area contributed by atoms with Gasteiger partial charge in [0.2, 0.25) is 0 Å². The van der Waals surface area contributed by atoms with Crippen LogP contribution in [0.3, 0.4) is 0 Å². The van der Waals surface area contributed by atoms with E-state index in [-0.39, 0.29) is 5.97 Å². The maximum Gasteiger partial charge on any atom is 0.411 e. The van der Waals surface area contributed by atoms with Crippen LogP contribution in [0, 0.1) is 0 Å². The summed E-state index contributed by atoms with van der Waals surface area (Å²) in [6.07, 6.45) is 3.46. The molecule has 1 heterocycles. The Hall–Kier alpha value is -1.26. The van der Waals surface area contributed by atoms with Crippen LogP contribution < -0.4 is 0 Å². The summed E-state index contributed by atoms with van der Waals surface area (Å²) in [5.41, 5.74) is -1.42. The molecule has 0 aliphatic carbocycles. The van der Waals surface area contributed by atoms with Gasteiger partial charge in [-0.15, -0.1) is 0 Å². The fourth-order valence-electron chi connectivity index (χ4n) is 2.80. The van der Waals surface area contributed by atoms with Crippen molar-refractivity contribution in [3.8, 4) is 0 Å². The Morgan fingerprint density at radius 2 is 1.90 bits per heavy atom. The topological polar surface area (TPSA) is 55.8 Å². The normalized spacial score (nSPS) is 23.4. The second kappa shape index (κ2) is 6.46. The molecule has 1 saturated heterocycles. The Morgan fingerprint density at radius 1 is 1.25 bits per heavy atom. The standard InChI is InChI=1S/C15H27NO4/c1-6-9-15(12(17)19-5)10-7-8-11-16(15)13(18)20-14(2,3)4/h6-11H2,1-5H3/t15-/m0/s1. The lowest BCUT2D eigenvalue weighted by atomic mass is 9.83. The van der Waals surface area contributed by atoms with Gasteiger partial charge in [0.15, 0.2) is 0 Å². The number of nitrogens with zero attached hydrogens (tertiary/aromatic N) is 1. The first-order chi connectivity index (χ1) is 9.27. The molecule has 0 aromatic rings. The largest absolute Gasteiger partial charge is 0.467 e. The van der Waals surface area contributed by atoms with Gasteiger partial charge in [-0.25, -0.2) is 9.59 Å². The number of carbonyl (C=O) groups is 2. The lowest BCUT2D eigenvalue weighted by Gasteiger charge is -2.44. The third kappa shape index (κ3) is 3.64. The van der Waals surface area contributed by atoms with E-state index in [4.69, 9.17) is 9.47 Å². The molecule has 116 valence electrons. The van der Waals surface area contributed by atoms with Gasteiger partial charge < -0.3 is 9.47 Å². The highest BCUT2D eigenvalue weighted by Crippen LogP contribution is 2.34. The number of esters is 1. The van der Waals surface area contributed by atoms with Crippen LogP contribution in [0.25, 0.3) is 0 Å². The van der Waals surface area contributed by atoms with Gasteiger partial charge in [-0.1, -0.05) is 13.3 Å². The molecule has 0 radical (unpaired) electrons. The highest BCUT2D eigenvalue weighted by Gasteiger charge is 2.49. The third-order valence-corrected chi connectivity index (χ3v) is 3.58. The van der Waals surface area contributed by atoms with Gasteiger partial charge >= 0.3 is 12.1 Å². The zero-order valence-corrected chi connectivity index (χ0v) is 13.3. The molecule has 0 unspecified atom stereocenters. The van der Waals surface area contributed by atoms with Crippen LogP contribution in [-0.4, -0.2) is 41.8 Å². The molecule has 0 bridgehead atoms. The first-order valence-electron chi connectivity index (χ1n) is 7.36. The van der Waals surface area contributed by atoms with E-state index >= 15 is 0 Å². The first kappa shape index (κ1) is 16.8. The van der Waals surface area contributed by atoms with Crippen LogP contribution in [0.1, 0.15) is 59.8 Å². The summed E-state index contributed by atoms with van der Waals surface area (Å²) in [5, 5.41) is 0. The van der Waals surface area contributed by atoms with Gasteiger partial charge in [-0.2, -0.15) is 0 Å². The third-order valence-electron chi connectivity index (χ3n) is 3.58. The molecule has 0 aromatic heterocycles. The molecule has 1 fully saturated rings. The van der Waals surface area contributed by atoms with Gasteiger partial charge in [0.25, 0.3) is 0 Å². The van der Waals surface area contributed by atoms with Crippen molar-refractivity contribution in [1.82, 2.24) is 4.90 Å². The molecule has 1 rings (SSSR count).